The van der Waals surface area contributed by atoms with Crippen molar-refractivity contribution in [2.75, 3.05) is 18.0 Å². The van der Waals surface area contributed by atoms with Gasteiger partial charge in [-0.2, -0.15) is 13.2 Å². The largest absolute Gasteiger partial charge is 0.408 e. The molecule has 0 spiro atoms. The Bertz CT molecular complexity index is 1420. The lowest BCUT2D eigenvalue weighted by atomic mass is 10.1. The van der Waals surface area contributed by atoms with Gasteiger partial charge in [0.05, 0.1) is 5.39 Å². The number of alkyl halides is 3. The highest BCUT2D eigenvalue weighted by atomic mass is 19.4. The molecule has 1 unspecified atom stereocenters. The second kappa shape index (κ2) is 9.17. The molecule has 3 amide bonds. The number of carbonyl (C=O) groups excluding carboxylic acids is 2. The maximum absolute atomic E-state index is 14.7. The van der Waals surface area contributed by atoms with Crippen LogP contribution in [0.4, 0.5) is 37.0 Å². The zero-order valence-corrected chi connectivity index (χ0v) is 18.4. The minimum absolute atomic E-state index is 0.00565. The van der Waals surface area contributed by atoms with E-state index in [1.807, 2.05) is 0 Å². The first-order valence-electron chi connectivity index (χ1n) is 10.6. The number of nitrogens with one attached hydrogen (secondary N) is 2. The maximum atomic E-state index is 14.7. The van der Waals surface area contributed by atoms with E-state index in [2.05, 4.69) is 10.3 Å². The number of hydrogen-bond acceptors (Lipinski definition) is 4. The van der Waals surface area contributed by atoms with Crippen LogP contribution in [0.1, 0.15) is 23.7 Å². The van der Waals surface area contributed by atoms with E-state index >= 15 is 0 Å². The zero-order chi connectivity index (χ0) is 26.4. The van der Waals surface area contributed by atoms with E-state index in [9.17, 15) is 40.7 Å². The third kappa shape index (κ3) is 4.45. The normalized spacial score (nSPS) is 14.8. The van der Waals surface area contributed by atoms with Gasteiger partial charge in [-0.05, 0) is 18.6 Å². The van der Waals surface area contributed by atoms with Gasteiger partial charge in [0.2, 0.25) is 5.43 Å². The monoisotopic (exact) mass is 513 g/mol. The van der Waals surface area contributed by atoms with E-state index in [0.717, 1.165) is 6.07 Å². The number of urea groups is 1. The lowest BCUT2D eigenvalue weighted by Crippen LogP contribution is -2.46. The molecule has 0 radical (unpaired) electrons. The molecule has 3 heterocycles. The van der Waals surface area contributed by atoms with E-state index in [1.54, 1.807) is 5.32 Å². The molecule has 2 N–H and O–H groups in total. The summed E-state index contributed by atoms with van der Waals surface area (Å²) in [4.78, 5) is 43.1. The molecule has 3 aromatic rings. The molecule has 36 heavy (non-hydrogen) atoms. The molecule has 1 aliphatic rings. The number of anilines is 1. The Morgan fingerprint density at radius 2 is 1.83 bits per heavy atom. The fraction of sp³-hybridized carbons (Fsp3) is 0.273. The van der Waals surface area contributed by atoms with Crippen molar-refractivity contribution in [2.45, 2.75) is 25.6 Å². The number of halogens is 6. The van der Waals surface area contributed by atoms with E-state index in [4.69, 9.17) is 0 Å². The van der Waals surface area contributed by atoms with Crippen molar-refractivity contribution >= 4 is 28.8 Å². The van der Waals surface area contributed by atoms with Gasteiger partial charge in [0, 0.05) is 31.4 Å². The first kappa shape index (κ1) is 25.0. The van der Waals surface area contributed by atoms with Crippen molar-refractivity contribution in [3.63, 3.8) is 0 Å². The van der Waals surface area contributed by atoms with Crippen molar-refractivity contribution < 1.29 is 35.9 Å². The van der Waals surface area contributed by atoms with E-state index in [-0.39, 0.29) is 24.3 Å². The summed E-state index contributed by atoms with van der Waals surface area (Å²) >= 11 is 0. The van der Waals surface area contributed by atoms with Crippen LogP contribution < -0.4 is 21.0 Å². The summed E-state index contributed by atoms with van der Waals surface area (Å²) in [5, 5.41) is 3.85. The lowest BCUT2D eigenvalue weighted by molar-refractivity contribution is -0.153. The Hall–Kier alpha value is -4.10. The second-order valence-corrected chi connectivity index (χ2v) is 7.86. The van der Waals surface area contributed by atoms with Gasteiger partial charge < -0.3 is 10.6 Å². The molecule has 190 valence electrons. The van der Waals surface area contributed by atoms with Crippen LogP contribution in [0.3, 0.4) is 0 Å². The Kier molecular flexibility index (Phi) is 6.37. The van der Waals surface area contributed by atoms with Crippen LogP contribution in [0.2, 0.25) is 0 Å². The fourth-order valence-corrected chi connectivity index (χ4v) is 3.78. The third-order valence-electron chi connectivity index (χ3n) is 5.55. The Morgan fingerprint density at radius 3 is 2.39 bits per heavy atom. The quantitative estimate of drug-likeness (QED) is 0.512. The number of amides is 3. The number of benzene rings is 1. The second-order valence-electron chi connectivity index (χ2n) is 7.86. The molecule has 1 fully saturated rings. The number of aromatic nitrogens is 2. The predicted molar refractivity (Wildman–Crippen MR) is 116 cm³/mol. The van der Waals surface area contributed by atoms with Crippen LogP contribution in [0, 0.1) is 17.5 Å². The summed E-state index contributed by atoms with van der Waals surface area (Å²) < 4.78 is 83.1. The van der Waals surface area contributed by atoms with Crippen LogP contribution in [-0.4, -0.2) is 46.8 Å². The number of pyridine rings is 2. The van der Waals surface area contributed by atoms with Gasteiger partial charge in [0.15, 0.2) is 17.3 Å². The fourth-order valence-electron chi connectivity index (χ4n) is 3.78. The van der Waals surface area contributed by atoms with Gasteiger partial charge in [-0.15, -0.1) is 0 Å². The lowest BCUT2D eigenvalue weighted by Gasteiger charge is -2.21. The standard InChI is InChI=1S/C22H17F6N5O3/c1-2-15(22(26,27)28)30-20(35)12-9-33(17-13(24)7-10(23)8-14(17)25)19-11(18(12)34)3-4-16(31-19)32-6-5-29-21(32)36/h3-4,7-9,15H,2,5-6H2,1H3,(H,29,36)(H,30,35). The molecule has 1 atom stereocenters. The minimum atomic E-state index is -4.82. The van der Waals surface area contributed by atoms with Gasteiger partial charge in [0.1, 0.15) is 28.9 Å². The highest BCUT2D eigenvalue weighted by Crippen LogP contribution is 2.26. The number of nitrogens with zero attached hydrogens (tertiary/aromatic N) is 3. The van der Waals surface area contributed by atoms with Gasteiger partial charge in [-0.3, -0.25) is 19.1 Å². The third-order valence-corrected chi connectivity index (χ3v) is 5.55. The summed E-state index contributed by atoms with van der Waals surface area (Å²) in [5.74, 6) is -5.57. The first-order chi connectivity index (χ1) is 16.9. The first-order valence-corrected chi connectivity index (χ1v) is 10.6. The molecule has 14 heteroatoms. The van der Waals surface area contributed by atoms with Gasteiger partial charge >= 0.3 is 12.2 Å². The highest BCUT2D eigenvalue weighted by molar-refractivity contribution is 5.98. The predicted octanol–water partition coefficient (Wildman–Crippen LogP) is 3.40. The molecule has 2 aromatic heterocycles. The van der Waals surface area contributed by atoms with E-state index < -0.39 is 70.4 Å². The molecule has 1 aliphatic heterocycles. The number of fused-ring (bicyclic) bond motifs is 1. The summed E-state index contributed by atoms with van der Waals surface area (Å²) in [7, 11) is 0. The van der Waals surface area contributed by atoms with Crippen molar-refractivity contribution in [2.24, 2.45) is 0 Å². The molecular weight excluding hydrogens is 496 g/mol. The Balaban J connectivity index is 1.97. The highest BCUT2D eigenvalue weighted by Gasteiger charge is 2.40. The molecule has 1 saturated heterocycles. The zero-order valence-electron chi connectivity index (χ0n) is 18.4. The molecular formula is C22H17F6N5O3. The molecule has 0 bridgehead atoms. The average Bonchev–Trinajstić information content (AvgIpc) is 3.22. The van der Waals surface area contributed by atoms with Crippen LogP contribution >= 0.6 is 0 Å². The Morgan fingerprint density at radius 1 is 1.17 bits per heavy atom. The molecule has 4 rings (SSSR count). The van der Waals surface area contributed by atoms with Crippen molar-refractivity contribution in [1.29, 1.82) is 0 Å². The molecule has 1 aromatic carbocycles. The molecule has 8 nitrogen and oxygen atoms in total. The van der Waals surface area contributed by atoms with E-state index in [0.29, 0.717) is 22.9 Å². The topological polar surface area (TPSA) is 96.3 Å². The van der Waals surface area contributed by atoms with Crippen LogP contribution in [-0.2, 0) is 0 Å². The van der Waals surface area contributed by atoms with Gasteiger partial charge in [-0.25, -0.2) is 22.9 Å². The number of hydrogen-bond donors (Lipinski definition) is 2. The molecule has 0 aliphatic carbocycles. The van der Waals surface area contributed by atoms with E-state index in [1.165, 1.54) is 17.9 Å². The summed E-state index contributed by atoms with van der Waals surface area (Å²) in [5.41, 5.74) is -3.28. The maximum Gasteiger partial charge on any atom is 0.408 e. The Labute approximate surface area is 198 Å². The van der Waals surface area contributed by atoms with Crippen LogP contribution in [0.15, 0.2) is 35.3 Å². The van der Waals surface area contributed by atoms with Crippen LogP contribution in [0.25, 0.3) is 16.7 Å². The minimum Gasteiger partial charge on any atom is -0.340 e. The number of rotatable bonds is 5. The van der Waals surface area contributed by atoms with Gasteiger partial charge in [0.25, 0.3) is 5.91 Å². The average molecular weight is 513 g/mol. The van der Waals surface area contributed by atoms with Crippen LogP contribution in [0.5, 0.6) is 0 Å². The van der Waals surface area contributed by atoms with Crippen molar-refractivity contribution in [3.8, 4) is 5.69 Å². The summed E-state index contributed by atoms with van der Waals surface area (Å²) in [6, 6.07) is 0.237. The summed E-state index contributed by atoms with van der Waals surface area (Å²) in [6.45, 7) is 1.64. The smallest absolute Gasteiger partial charge is 0.340 e. The SMILES string of the molecule is CCC(NC(=O)c1cn(-c2c(F)cc(F)cc2F)c2nc(N3CCNC3=O)ccc2c1=O)C(F)(F)F. The van der Waals surface area contributed by atoms with Crippen molar-refractivity contribution in [3.05, 3.63) is 63.7 Å². The number of carbonyl (C=O) groups is 2. The van der Waals surface area contributed by atoms with Gasteiger partial charge in [-0.1, -0.05) is 6.92 Å². The van der Waals surface area contributed by atoms with Crippen molar-refractivity contribution in [1.82, 2.24) is 20.2 Å². The molecule has 0 saturated carbocycles. The summed E-state index contributed by atoms with van der Waals surface area (Å²) in [6.07, 6.45) is -4.73.